The molecule has 5 nitrogen and oxygen atoms in total. The molecule has 0 aromatic rings. The van der Waals surface area contributed by atoms with Crippen molar-refractivity contribution in [1.29, 1.82) is 0 Å². The van der Waals surface area contributed by atoms with Gasteiger partial charge in [-0.05, 0) is 27.7 Å². The highest BCUT2D eigenvalue weighted by molar-refractivity contribution is 7.36. The molecular formula is C7H21NO4P+. The summed E-state index contributed by atoms with van der Waals surface area (Å²) >= 11 is 0. The summed E-state index contributed by atoms with van der Waals surface area (Å²) in [5.74, 6) is 0. The summed E-state index contributed by atoms with van der Waals surface area (Å²) in [6.07, 6.45) is 0.255. The molecule has 0 aliphatic carbocycles. The predicted octanol–water partition coefficient (Wildman–Crippen LogP) is -1.90. The molecule has 6 heteroatoms. The Bertz CT molecular complexity index is 132. The summed E-state index contributed by atoms with van der Waals surface area (Å²) in [5, 5.41) is 0. The van der Waals surface area contributed by atoms with Gasteiger partial charge in [0.1, 0.15) is 0 Å². The van der Waals surface area contributed by atoms with Gasteiger partial charge in [-0.2, -0.15) is 0 Å². The average molecular weight is 214 g/mol. The van der Waals surface area contributed by atoms with E-state index in [9.17, 15) is 9.46 Å². The molecular weight excluding hydrogens is 193 g/mol. The largest absolute Gasteiger partial charge is 0.591 e. The normalized spacial score (nSPS) is 11.2. The van der Waals surface area contributed by atoms with Crippen LogP contribution in [0.4, 0.5) is 0 Å². The molecule has 0 aliphatic rings. The van der Waals surface area contributed by atoms with Crippen molar-refractivity contribution < 1.29 is 25.3 Å². The van der Waals surface area contributed by atoms with Gasteiger partial charge in [0.2, 0.25) is 0 Å². The Balaban J connectivity index is -0.000000500. The minimum absolute atomic E-state index is 0. The highest BCUT2D eigenvalue weighted by Crippen LogP contribution is 2.00. The molecule has 0 bridgehead atoms. The summed E-state index contributed by atoms with van der Waals surface area (Å²) in [7, 11) is -2.24. The van der Waals surface area contributed by atoms with Crippen LogP contribution in [0.15, 0.2) is 0 Å². The zero-order valence-corrected chi connectivity index (χ0v) is 9.52. The van der Waals surface area contributed by atoms with E-state index in [0.717, 1.165) is 4.90 Å². The molecule has 0 amide bonds. The van der Waals surface area contributed by atoms with Crippen molar-refractivity contribution in [3.63, 3.8) is 0 Å². The van der Waals surface area contributed by atoms with Crippen molar-refractivity contribution in [3.05, 3.63) is 0 Å². The van der Waals surface area contributed by atoms with Gasteiger partial charge in [0.25, 0.3) is 6.29 Å². The Labute approximate surface area is 80.2 Å². The lowest BCUT2D eigenvalue weighted by Gasteiger charge is -2.23. The lowest BCUT2D eigenvalue weighted by Crippen LogP contribution is -3.17. The van der Waals surface area contributed by atoms with Gasteiger partial charge in [-0.3, -0.25) is 4.90 Å². The van der Waals surface area contributed by atoms with Gasteiger partial charge in [-0.25, -0.2) is 0 Å². The van der Waals surface area contributed by atoms with Crippen molar-refractivity contribution in [1.82, 2.24) is 0 Å². The second kappa shape index (κ2) is 8.53. The minimum atomic E-state index is -2.24. The molecule has 0 fully saturated rings. The molecule has 0 aromatic heterocycles. The molecule has 82 valence electrons. The van der Waals surface area contributed by atoms with Crippen molar-refractivity contribution in [2.75, 3.05) is 6.29 Å². The molecule has 0 rings (SSSR count). The van der Waals surface area contributed by atoms with E-state index in [1.807, 2.05) is 27.7 Å². The summed E-state index contributed by atoms with van der Waals surface area (Å²) in [4.78, 5) is 11.6. The third-order valence-electron chi connectivity index (χ3n) is 1.79. The maximum atomic E-state index is 10.4. The van der Waals surface area contributed by atoms with Crippen molar-refractivity contribution in [2.45, 2.75) is 39.8 Å². The Morgan fingerprint density at radius 1 is 1.15 bits per heavy atom. The van der Waals surface area contributed by atoms with Crippen LogP contribution < -0.4 is 9.79 Å². The van der Waals surface area contributed by atoms with Crippen LogP contribution in [-0.4, -0.2) is 29.3 Å². The first-order valence-corrected chi connectivity index (χ1v) is 5.28. The van der Waals surface area contributed by atoms with Crippen molar-refractivity contribution >= 4 is 8.03 Å². The van der Waals surface area contributed by atoms with Crippen molar-refractivity contribution in [2.24, 2.45) is 0 Å². The van der Waals surface area contributed by atoms with Crippen molar-refractivity contribution in [3.8, 4) is 0 Å². The lowest BCUT2D eigenvalue weighted by atomic mass is 10.2. The monoisotopic (exact) mass is 214 g/mol. The zero-order chi connectivity index (χ0) is 9.02. The van der Waals surface area contributed by atoms with E-state index in [1.165, 1.54) is 0 Å². The number of hydrogen-bond donors (Lipinski definition) is 1. The number of rotatable bonds is 4. The number of hydrogen-bond acceptors (Lipinski definition) is 2. The van der Waals surface area contributed by atoms with Crippen LogP contribution >= 0.6 is 8.03 Å². The molecule has 0 saturated carbocycles. The average Bonchev–Trinajstić information content (AvgIpc) is 1.81. The van der Waals surface area contributed by atoms with Gasteiger partial charge in [0, 0.05) is 0 Å². The Morgan fingerprint density at radius 2 is 1.46 bits per heavy atom. The fourth-order valence-corrected chi connectivity index (χ4v) is 2.21. The molecule has 1 unspecified atom stereocenters. The van der Waals surface area contributed by atoms with Gasteiger partial charge in [-0.15, -0.1) is 0 Å². The summed E-state index contributed by atoms with van der Waals surface area (Å²) in [5.41, 5.74) is 0. The van der Waals surface area contributed by atoms with Crippen LogP contribution in [-0.2, 0) is 4.57 Å². The molecule has 13 heavy (non-hydrogen) atoms. The maximum Gasteiger partial charge on any atom is 0.369 e. The first-order chi connectivity index (χ1) is 4.95. The fraction of sp³-hybridized carbons (Fsp3) is 1.00. The Kier molecular flexibility index (Phi) is 12.3. The highest BCUT2D eigenvalue weighted by Gasteiger charge is 2.22. The van der Waals surface area contributed by atoms with Crippen LogP contribution in [0.3, 0.4) is 0 Å². The van der Waals surface area contributed by atoms with Gasteiger partial charge in [0.05, 0.1) is 12.1 Å². The van der Waals surface area contributed by atoms with Gasteiger partial charge in [0.15, 0.2) is 0 Å². The SMILES string of the molecule is CC(C)[NH+](C[P+](=O)[O-])C(C)C.O.O. The zero-order valence-electron chi connectivity index (χ0n) is 8.63. The van der Waals surface area contributed by atoms with E-state index in [4.69, 9.17) is 0 Å². The van der Waals surface area contributed by atoms with Crippen LogP contribution in [0.2, 0.25) is 0 Å². The third kappa shape index (κ3) is 8.28. The molecule has 0 aliphatic heterocycles. The number of quaternary nitrogens is 1. The van der Waals surface area contributed by atoms with Crippen LogP contribution in [0, 0.1) is 0 Å². The van der Waals surface area contributed by atoms with E-state index >= 15 is 0 Å². The third-order valence-corrected chi connectivity index (χ3v) is 2.42. The maximum absolute atomic E-state index is 10.4. The van der Waals surface area contributed by atoms with Crippen LogP contribution in [0.5, 0.6) is 0 Å². The second-order valence-corrected chi connectivity index (χ2v) is 4.36. The summed E-state index contributed by atoms with van der Waals surface area (Å²) in [6.45, 7) is 8.14. The first-order valence-electron chi connectivity index (χ1n) is 3.92. The molecule has 0 radical (unpaired) electrons. The molecule has 0 saturated heterocycles. The molecule has 5 N–H and O–H groups in total. The van der Waals surface area contributed by atoms with Gasteiger partial charge >= 0.3 is 8.03 Å². The second-order valence-electron chi connectivity index (χ2n) is 3.38. The topological polar surface area (TPSA) is 108 Å². The van der Waals surface area contributed by atoms with Crippen LogP contribution in [0.1, 0.15) is 27.7 Å². The standard InChI is InChI=1S/C7H16NO2P.2H2O/c1-6(2)8(7(3)4)5-11(9)10;;/h6-7H,5H2,1-4H3;2*1H2/p+1. The lowest BCUT2D eigenvalue weighted by molar-refractivity contribution is -0.932. The molecule has 1 atom stereocenters. The quantitative estimate of drug-likeness (QED) is 0.551. The van der Waals surface area contributed by atoms with Gasteiger partial charge in [-0.1, -0.05) is 4.57 Å². The Hall–Kier alpha value is -0.0600. The molecule has 0 heterocycles. The summed E-state index contributed by atoms with van der Waals surface area (Å²) in [6, 6.07) is 0.755. The fourth-order valence-electron chi connectivity index (χ4n) is 1.18. The smallest absolute Gasteiger partial charge is 0.369 e. The number of nitrogens with one attached hydrogen (secondary N) is 1. The van der Waals surface area contributed by atoms with E-state index in [1.54, 1.807) is 0 Å². The van der Waals surface area contributed by atoms with E-state index in [0.29, 0.717) is 12.1 Å². The van der Waals surface area contributed by atoms with Gasteiger partial charge < -0.3 is 15.8 Å². The van der Waals surface area contributed by atoms with E-state index < -0.39 is 8.03 Å². The highest BCUT2D eigenvalue weighted by atomic mass is 31.1. The molecule has 0 spiro atoms. The van der Waals surface area contributed by atoms with E-state index in [-0.39, 0.29) is 17.2 Å². The van der Waals surface area contributed by atoms with E-state index in [2.05, 4.69) is 0 Å². The summed E-state index contributed by atoms with van der Waals surface area (Å²) < 4.78 is 10.4. The Morgan fingerprint density at radius 3 is 1.54 bits per heavy atom. The predicted molar refractivity (Wildman–Crippen MR) is 50.9 cm³/mol. The van der Waals surface area contributed by atoms with Crippen LogP contribution in [0.25, 0.3) is 0 Å². The minimum Gasteiger partial charge on any atom is -0.591 e. The molecule has 0 aromatic carbocycles. The first kappa shape index (κ1) is 18.7.